The number of carbonyl (C=O) groups is 2. The van der Waals surface area contributed by atoms with Gasteiger partial charge in [-0.3, -0.25) is 9.59 Å². The molecule has 0 unspecified atom stereocenters. The average Bonchev–Trinajstić information content (AvgIpc) is 2.93. The zero-order valence-corrected chi connectivity index (χ0v) is 22.6. The van der Waals surface area contributed by atoms with Gasteiger partial charge >= 0.3 is 0 Å². The first kappa shape index (κ1) is 26.9. The van der Waals surface area contributed by atoms with Crippen LogP contribution in [0.1, 0.15) is 57.4 Å². The molecule has 0 radical (unpaired) electrons. The Morgan fingerprint density at radius 2 is 1.67 bits per heavy atom. The van der Waals surface area contributed by atoms with Gasteiger partial charge in [-0.2, -0.15) is 0 Å². The zero-order valence-electron chi connectivity index (χ0n) is 22.6. The monoisotopic (exact) mass is 529 g/mol. The number of hydrogen-bond acceptors (Lipinski definition) is 5. The van der Waals surface area contributed by atoms with Crippen molar-refractivity contribution in [2.24, 2.45) is 11.7 Å². The van der Waals surface area contributed by atoms with Crippen LogP contribution in [-0.2, 0) is 15.1 Å². The van der Waals surface area contributed by atoms with Crippen LogP contribution < -0.4 is 11.1 Å². The molecule has 2 fully saturated rings. The molecule has 0 spiro atoms. The lowest BCUT2D eigenvalue weighted by Gasteiger charge is -2.41. The number of aromatic nitrogens is 2. The lowest BCUT2D eigenvalue weighted by atomic mass is 9.71. The van der Waals surface area contributed by atoms with Gasteiger partial charge in [0.25, 0.3) is 0 Å². The Bertz CT molecular complexity index is 1320. The van der Waals surface area contributed by atoms with Gasteiger partial charge in [-0.25, -0.2) is 4.39 Å². The smallest absolute Gasteiger partial charge is 0.225 e. The molecule has 3 N–H and O–H groups in total. The molecule has 39 heavy (non-hydrogen) atoms. The third kappa shape index (κ3) is 6.01. The van der Waals surface area contributed by atoms with Crippen LogP contribution in [-0.4, -0.2) is 46.2 Å². The highest BCUT2D eigenvalue weighted by atomic mass is 19.1. The molecule has 5 rings (SSSR count). The molecule has 2 amide bonds. The van der Waals surface area contributed by atoms with E-state index in [0.717, 1.165) is 47.9 Å². The van der Waals surface area contributed by atoms with Crippen LogP contribution in [0.25, 0.3) is 22.4 Å². The number of nitrogens with two attached hydrogens (primary N) is 1. The average molecular weight is 530 g/mol. The van der Waals surface area contributed by atoms with Crippen molar-refractivity contribution in [2.45, 2.75) is 69.6 Å². The molecule has 7 nitrogen and oxygen atoms in total. The SMILES string of the molecule is CC(=O)N(C)[C@H]1CC[C@H](CC(=O)Nc2cc(-c3ccccc3)c(-c3ccc(C4(N)CC(F)C4)cc3)nn2)CC1. The summed E-state index contributed by atoms with van der Waals surface area (Å²) in [5.41, 5.74) is 10.1. The van der Waals surface area contributed by atoms with E-state index < -0.39 is 11.7 Å². The molecule has 3 aromatic rings. The normalized spacial score (nSPS) is 24.5. The molecule has 1 heterocycles. The first-order valence-corrected chi connectivity index (χ1v) is 13.7. The summed E-state index contributed by atoms with van der Waals surface area (Å²) < 4.78 is 13.5. The summed E-state index contributed by atoms with van der Waals surface area (Å²) in [6.45, 7) is 1.59. The molecular weight excluding hydrogens is 493 g/mol. The van der Waals surface area contributed by atoms with Crippen molar-refractivity contribution < 1.29 is 14.0 Å². The Morgan fingerprint density at radius 1 is 1.00 bits per heavy atom. The fraction of sp³-hybridized carbons (Fsp3) is 0.419. The molecular formula is C31H36FN5O2. The van der Waals surface area contributed by atoms with Crippen LogP contribution >= 0.6 is 0 Å². The van der Waals surface area contributed by atoms with Crippen LogP contribution in [0.3, 0.4) is 0 Å². The fourth-order valence-electron chi connectivity index (χ4n) is 5.88. The van der Waals surface area contributed by atoms with Crippen molar-refractivity contribution in [3.8, 4) is 22.4 Å². The number of benzene rings is 2. The van der Waals surface area contributed by atoms with Crippen molar-refractivity contribution in [1.29, 1.82) is 0 Å². The summed E-state index contributed by atoms with van der Waals surface area (Å²) in [5, 5.41) is 11.8. The van der Waals surface area contributed by atoms with Crippen LogP contribution in [0.2, 0.25) is 0 Å². The Labute approximate surface area is 229 Å². The first-order chi connectivity index (χ1) is 18.7. The van der Waals surface area contributed by atoms with Gasteiger partial charge in [-0.15, -0.1) is 10.2 Å². The van der Waals surface area contributed by atoms with Gasteiger partial charge in [0.2, 0.25) is 11.8 Å². The molecule has 8 heteroatoms. The number of carbonyl (C=O) groups excluding carboxylic acids is 2. The molecule has 2 aliphatic rings. The van der Waals surface area contributed by atoms with Crippen molar-refractivity contribution in [1.82, 2.24) is 15.1 Å². The van der Waals surface area contributed by atoms with E-state index in [9.17, 15) is 14.0 Å². The highest BCUT2D eigenvalue weighted by Crippen LogP contribution is 2.41. The van der Waals surface area contributed by atoms with Gasteiger partial charge < -0.3 is 16.0 Å². The minimum Gasteiger partial charge on any atom is -0.343 e. The van der Waals surface area contributed by atoms with Crippen molar-refractivity contribution in [3.63, 3.8) is 0 Å². The number of amides is 2. The van der Waals surface area contributed by atoms with Crippen LogP contribution in [0, 0.1) is 5.92 Å². The molecule has 2 aromatic carbocycles. The number of halogens is 1. The van der Waals surface area contributed by atoms with Gasteiger partial charge in [0.05, 0.1) is 0 Å². The highest BCUT2D eigenvalue weighted by Gasteiger charge is 2.42. The zero-order chi connectivity index (χ0) is 27.6. The summed E-state index contributed by atoms with van der Waals surface area (Å²) in [4.78, 5) is 26.4. The molecule has 204 valence electrons. The lowest BCUT2D eigenvalue weighted by molar-refractivity contribution is -0.130. The van der Waals surface area contributed by atoms with E-state index in [2.05, 4.69) is 15.5 Å². The number of alkyl halides is 1. The van der Waals surface area contributed by atoms with Crippen molar-refractivity contribution in [3.05, 3.63) is 66.2 Å². The van der Waals surface area contributed by atoms with Crippen LogP contribution in [0.4, 0.5) is 10.2 Å². The number of hydrogen-bond donors (Lipinski definition) is 2. The molecule has 0 aliphatic heterocycles. The van der Waals surface area contributed by atoms with Gasteiger partial charge in [-0.05, 0) is 48.8 Å². The number of nitrogens with zero attached hydrogens (tertiary/aromatic N) is 3. The fourth-order valence-corrected chi connectivity index (χ4v) is 5.88. The summed E-state index contributed by atoms with van der Waals surface area (Å²) in [5.74, 6) is 0.701. The molecule has 2 saturated carbocycles. The Hall–Kier alpha value is -3.65. The number of nitrogens with one attached hydrogen (secondary N) is 1. The first-order valence-electron chi connectivity index (χ1n) is 13.7. The molecule has 0 saturated heterocycles. The summed E-state index contributed by atoms with van der Waals surface area (Å²) in [6.07, 6.45) is 3.93. The van der Waals surface area contributed by atoms with Gasteiger partial charge in [0.15, 0.2) is 5.82 Å². The summed E-state index contributed by atoms with van der Waals surface area (Å²) >= 11 is 0. The third-order valence-corrected chi connectivity index (χ3v) is 8.39. The second kappa shape index (κ2) is 11.2. The van der Waals surface area contributed by atoms with Crippen LogP contribution in [0.5, 0.6) is 0 Å². The van der Waals surface area contributed by atoms with Gasteiger partial charge in [0, 0.05) is 55.9 Å². The van der Waals surface area contributed by atoms with E-state index in [1.165, 1.54) is 0 Å². The van der Waals surface area contributed by atoms with Crippen molar-refractivity contribution in [2.75, 3.05) is 12.4 Å². The predicted molar refractivity (Wildman–Crippen MR) is 150 cm³/mol. The maximum Gasteiger partial charge on any atom is 0.225 e. The van der Waals surface area contributed by atoms with E-state index >= 15 is 0 Å². The summed E-state index contributed by atoms with van der Waals surface area (Å²) in [6, 6.07) is 19.8. The maximum atomic E-state index is 13.5. The Morgan fingerprint density at radius 3 is 2.28 bits per heavy atom. The summed E-state index contributed by atoms with van der Waals surface area (Å²) in [7, 11) is 1.85. The van der Waals surface area contributed by atoms with Gasteiger partial charge in [0.1, 0.15) is 11.9 Å². The minimum absolute atomic E-state index is 0.0799. The van der Waals surface area contributed by atoms with E-state index in [1.807, 2.05) is 72.6 Å². The van der Waals surface area contributed by atoms with E-state index in [1.54, 1.807) is 6.92 Å². The standard InChI is InChI=1S/C31H36FN5O2/c1-20(38)37(2)26-14-8-21(9-15-26)16-29(39)34-28-17-27(22-6-4-3-5-7-22)30(36-35-28)23-10-12-24(13-11-23)31(33)18-25(32)19-31/h3-7,10-13,17,21,25-26H,8-9,14-16,18-19,33H2,1-2H3,(H,34,35,39)/t21-,25?,26-,31?. The van der Waals surface area contributed by atoms with Crippen LogP contribution in [0.15, 0.2) is 60.7 Å². The molecule has 1 aromatic heterocycles. The second-order valence-electron chi connectivity index (χ2n) is 11.2. The lowest BCUT2D eigenvalue weighted by Crippen LogP contribution is -2.50. The maximum absolute atomic E-state index is 13.5. The largest absolute Gasteiger partial charge is 0.343 e. The van der Waals surface area contributed by atoms with Crippen molar-refractivity contribution >= 4 is 17.6 Å². The number of rotatable bonds is 7. The minimum atomic E-state index is -0.837. The Balaban J connectivity index is 1.30. The number of anilines is 1. The molecule has 0 atom stereocenters. The quantitative estimate of drug-likeness (QED) is 0.423. The molecule has 0 bridgehead atoms. The highest BCUT2D eigenvalue weighted by molar-refractivity contribution is 5.91. The second-order valence-corrected chi connectivity index (χ2v) is 11.2. The topological polar surface area (TPSA) is 101 Å². The van der Waals surface area contributed by atoms with E-state index in [4.69, 9.17) is 5.73 Å². The van der Waals surface area contributed by atoms with E-state index in [-0.39, 0.29) is 23.8 Å². The predicted octanol–water partition coefficient (Wildman–Crippen LogP) is 5.46. The van der Waals surface area contributed by atoms with E-state index in [0.29, 0.717) is 30.8 Å². The van der Waals surface area contributed by atoms with Gasteiger partial charge in [-0.1, -0.05) is 54.6 Å². The molecule has 2 aliphatic carbocycles. The third-order valence-electron chi connectivity index (χ3n) is 8.39. The Kier molecular flexibility index (Phi) is 7.75.